The van der Waals surface area contributed by atoms with Crippen LogP contribution in [0.3, 0.4) is 0 Å². The maximum absolute atomic E-state index is 5.87. The van der Waals surface area contributed by atoms with Crippen LogP contribution in [-0.4, -0.2) is 0 Å². The molecule has 4 nitrogen and oxygen atoms in total. The Labute approximate surface area is 92.0 Å². The largest absolute Gasteiger partial charge is 0.472 e. The van der Waals surface area contributed by atoms with Crippen molar-refractivity contribution in [1.29, 1.82) is 0 Å². The van der Waals surface area contributed by atoms with E-state index in [9.17, 15) is 0 Å². The first kappa shape index (κ1) is 10.3. The summed E-state index contributed by atoms with van der Waals surface area (Å²) in [6, 6.07) is 3.61. The summed E-state index contributed by atoms with van der Waals surface area (Å²) in [5, 5.41) is 0.362. The van der Waals surface area contributed by atoms with Gasteiger partial charge in [-0.05, 0) is 35.7 Å². The van der Waals surface area contributed by atoms with Crippen molar-refractivity contribution in [3.8, 4) is 0 Å². The number of rotatable bonds is 4. The monoisotopic (exact) mass is 226 g/mol. The second-order valence-corrected chi connectivity index (χ2v) is 3.55. The highest BCUT2D eigenvalue weighted by Crippen LogP contribution is 2.26. The number of nitrogens with one attached hydrogen (secondary N) is 1. The van der Waals surface area contributed by atoms with E-state index in [4.69, 9.17) is 26.3 Å². The van der Waals surface area contributed by atoms with Crippen LogP contribution >= 0.6 is 11.6 Å². The predicted molar refractivity (Wildman–Crippen MR) is 56.2 cm³/mol. The summed E-state index contributed by atoms with van der Waals surface area (Å²) in [6.07, 6.45) is 5.54. The van der Waals surface area contributed by atoms with Gasteiger partial charge in [0.15, 0.2) is 5.22 Å². The third kappa shape index (κ3) is 2.23. The highest BCUT2D eigenvalue weighted by molar-refractivity contribution is 6.29. The Kier molecular flexibility index (Phi) is 3.11. The molecular formula is C10H11ClN2O2. The molecule has 0 radical (unpaired) electrons. The summed E-state index contributed by atoms with van der Waals surface area (Å²) in [5.74, 6) is 5.47. The first-order valence-electron chi connectivity index (χ1n) is 4.51. The lowest BCUT2D eigenvalue weighted by molar-refractivity contribution is 0.520. The summed E-state index contributed by atoms with van der Waals surface area (Å²) < 4.78 is 10.00. The van der Waals surface area contributed by atoms with Crippen LogP contribution in [0.15, 0.2) is 39.8 Å². The Balaban J connectivity index is 2.15. The predicted octanol–water partition coefficient (Wildman–Crippen LogP) is 2.27. The van der Waals surface area contributed by atoms with Crippen molar-refractivity contribution in [2.45, 2.75) is 12.5 Å². The fraction of sp³-hybridized carbons (Fsp3) is 0.200. The average molecular weight is 227 g/mol. The minimum Gasteiger partial charge on any atom is -0.472 e. The zero-order valence-electron chi connectivity index (χ0n) is 7.94. The third-order valence-electron chi connectivity index (χ3n) is 2.24. The standard InChI is InChI=1S/C10H11ClN2O2/c11-10-8(2-4-15-10)9(13-12)5-7-1-3-14-6-7/h1-4,6,9,13H,5,12H2. The Morgan fingerprint density at radius 3 is 2.80 bits per heavy atom. The van der Waals surface area contributed by atoms with Crippen LogP contribution in [0.25, 0.3) is 0 Å². The van der Waals surface area contributed by atoms with E-state index in [1.54, 1.807) is 18.6 Å². The third-order valence-corrected chi connectivity index (χ3v) is 2.55. The molecule has 0 amide bonds. The van der Waals surface area contributed by atoms with E-state index in [2.05, 4.69) is 5.43 Å². The van der Waals surface area contributed by atoms with Crippen molar-refractivity contribution in [2.75, 3.05) is 0 Å². The van der Waals surface area contributed by atoms with E-state index in [-0.39, 0.29) is 6.04 Å². The second kappa shape index (κ2) is 4.53. The fourth-order valence-corrected chi connectivity index (χ4v) is 1.70. The van der Waals surface area contributed by atoms with Crippen LogP contribution in [-0.2, 0) is 6.42 Å². The molecule has 80 valence electrons. The Hall–Kier alpha value is -1.23. The smallest absolute Gasteiger partial charge is 0.197 e. The lowest BCUT2D eigenvalue weighted by Crippen LogP contribution is -2.29. The summed E-state index contributed by atoms with van der Waals surface area (Å²) >= 11 is 5.87. The van der Waals surface area contributed by atoms with Crippen LogP contribution in [0.2, 0.25) is 5.22 Å². The summed E-state index contributed by atoms with van der Waals surface area (Å²) in [4.78, 5) is 0. The van der Waals surface area contributed by atoms with E-state index in [1.807, 2.05) is 6.07 Å². The van der Waals surface area contributed by atoms with Gasteiger partial charge in [0.25, 0.3) is 0 Å². The average Bonchev–Trinajstić information content (AvgIpc) is 2.85. The topological polar surface area (TPSA) is 64.3 Å². The summed E-state index contributed by atoms with van der Waals surface area (Å²) in [6.45, 7) is 0. The molecule has 0 saturated heterocycles. The zero-order chi connectivity index (χ0) is 10.7. The van der Waals surface area contributed by atoms with Crippen molar-refractivity contribution >= 4 is 11.6 Å². The van der Waals surface area contributed by atoms with E-state index >= 15 is 0 Å². The minimum atomic E-state index is -0.0751. The molecule has 1 unspecified atom stereocenters. The molecule has 0 aromatic carbocycles. The van der Waals surface area contributed by atoms with Gasteiger partial charge in [-0.1, -0.05) is 0 Å². The van der Waals surface area contributed by atoms with Gasteiger partial charge >= 0.3 is 0 Å². The van der Waals surface area contributed by atoms with E-state index in [0.29, 0.717) is 11.6 Å². The Morgan fingerprint density at radius 2 is 2.27 bits per heavy atom. The lowest BCUT2D eigenvalue weighted by Gasteiger charge is -2.13. The highest BCUT2D eigenvalue weighted by atomic mass is 35.5. The van der Waals surface area contributed by atoms with Crippen molar-refractivity contribution in [3.05, 3.63) is 47.3 Å². The molecule has 3 N–H and O–H groups in total. The van der Waals surface area contributed by atoms with Crippen LogP contribution in [0.1, 0.15) is 17.2 Å². The molecule has 15 heavy (non-hydrogen) atoms. The van der Waals surface area contributed by atoms with Gasteiger partial charge in [0.1, 0.15) is 0 Å². The van der Waals surface area contributed by atoms with Gasteiger partial charge in [-0.15, -0.1) is 0 Å². The molecule has 0 spiro atoms. The number of halogens is 1. The maximum atomic E-state index is 5.87. The van der Waals surface area contributed by atoms with Gasteiger partial charge in [0.2, 0.25) is 0 Å². The molecule has 1 atom stereocenters. The SMILES string of the molecule is NNC(Cc1ccoc1)c1ccoc1Cl. The minimum absolute atomic E-state index is 0.0751. The molecular weight excluding hydrogens is 216 g/mol. The molecule has 0 aliphatic heterocycles. The van der Waals surface area contributed by atoms with E-state index in [0.717, 1.165) is 11.1 Å². The van der Waals surface area contributed by atoms with Crippen molar-refractivity contribution in [1.82, 2.24) is 5.43 Å². The molecule has 0 bridgehead atoms. The van der Waals surface area contributed by atoms with Crippen molar-refractivity contribution in [2.24, 2.45) is 5.84 Å². The summed E-state index contributed by atoms with van der Waals surface area (Å²) in [7, 11) is 0. The van der Waals surface area contributed by atoms with Gasteiger partial charge in [-0.3, -0.25) is 11.3 Å². The lowest BCUT2D eigenvalue weighted by atomic mass is 10.0. The van der Waals surface area contributed by atoms with Crippen molar-refractivity contribution in [3.63, 3.8) is 0 Å². The number of nitrogens with two attached hydrogens (primary N) is 1. The number of hydrogen-bond donors (Lipinski definition) is 2. The molecule has 5 heteroatoms. The van der Waals surface area contributed by atoms with E-state index in [1.165, 1.54) is 6.26 Å². The zero-order valence-corrected chi connectivity index (χ0v) is 8.70. The number of furan rings is 2. The normalized spacial score (nSPS) is 12.9. The van der Waals surface area contributed by atoms with Crippen LogP contribution < -0.4 is 11.3 Å². The van der Waals surface area contributed by atoms with Crippen LogP contribution in [0, 0.1) is 0 Å². The van der Waals surface area contributed by atoms with E-state index < -0.39 is 0 Å². The maximum Gasteiger partial charge on any atom is 0.197 e. The Morgan fingerprint density at radius 1 is 1.40 bits per heavy atom. The van der Waals surface area contributed by atoms with Gasteiger partial charge in [0, 0.05) is 5.56 Å². The molecule has 2 rings (SSSR count). The molecule has 0 fully saturated rings. The Bertz CT molecular complexity index is 411. The van der Waals surface area contributed by atoms with Gasteiger partial charge in [0.05, 0.1) is 24.8 Å². The highest BCUT2D eigenvalue weighted by Gasteiger charge is 2.16. The van der Waals surface area contributed by atoms with Gasteiger partial charge in [-0.2, -0.15) is 0 Å². The molecule has 2 heterocycles. The summed E-state index contributed by atoms with van der Waals surface area (Å²) in [5.41, 5.74) is 4.60. The molecule has 0 aliphatic carbocycles. The quantitative estimate of drug-likeness (QED) is 0.620. The second-order valence-electron chi connectivity index (χ2n) is 3.20. The first-order chi connectivity index (χ1) is 7.31. The fourth-order valence-electron chi connectivity index (χ4n) is 1.46. The van der Waals surface area contributed by atoms with Gasteiger partial charge in [-0.25, -0.2) is 0 Å². The number of hydrogen-bond acceptors (Lipinski definition) is 4. The van der Waals surface area contributed by atoms with Gasteiger partial charge < -0.3 is 8.83 Å². The van der Waals surface area contributed by atoms with Crippen molar-refractivity contribution < 1.29 is 8.83 Å². The molecule has 0 aliphatic rings. The van der Waals surface area contributed by atoms with Crippen LogP contribution in [0.4, 0.5) is 0 Å². The number of hydrazine groups is 1. The first-order valence-corrected chi connectivity index (χ1v) is 4.89. The molecule has 2 aromatic heterocycles. The molecule has 2 aromatic rings. The van der Waals surface area contributed by atoms with Crippen LogP contribution in [0.5, 0.6) is 0 Å². The molecule has 0 saturated carbocycles.